The van der Waals surface area contributed by atoms with Gasteiger partial charge in [0.25, 0.3) is 0 Å². The van der Waals surface area contributed by atoms with Crippen molar-refractivity contribution in [2.75, 3.05) is 32.2 Å². The number of unbranched alkanes of at least 4 members (excludes halogenated alkanes) is 2. The number of carbonyl (C=O) groups excluding carboxylic acids is 1. The minimum atomic E-state index is -1.03. The van der Waals surface area contributed by atoms with E-state index in [4.69, 9.17) is 24.2 Å². The lowest BCUT2D eigenvalue weighted by molar-refractivity contribution is -0.223. The molecule has 0 bridgehead atoms. The standard InChI is InChI=1S/C43H52N2O7S/c1-3-23-49-43-40(53-24-18-30-16-19-44-20-17-30)28-38(45-50-4-2)36-26-32(11-5-7-21-46)35(13-6-8-22-47)41(42(36)43)37-27-34(14-15-39(37)52-43)51-33-12-9-10-31(25-33)29-48/h3,9-10,12,14-17,19-20,25-27,29,32,35,40-42,46-47H,1,4-8,11,13,18,21-24,28H2,2H3/t32-,35+,40-,41+,42+,43+/m0/s1. The van der Waals surface area contributed by atoms with E-state index < -0.39 is 5.79 Å². The Morgan fingerprint density at radius 2 is 1.83 bits per heavy atom. The average molecular weight is 741 g/mol. The van der Waals surface area contributed by atoms with Gasteiger partial charge in [-0.1, -0.05) is 42.3 Å². The number of carbonyl (C=O) groups is 1. The van der Waals surface area contributed by atoms with E-state index in [1.54, 1.807) is 18.2 Å². The summed E-state index contributed by atoms with van der Waals surface area (Å²) >= 11 is 1.84. The monoisotopic (exact) mass is 740 g/mol. The van der Waals surface area contributed by atoms with Crippen LogP contribution in [-0.4, -0.2) is 70.4 Å². The molecule has 3 aromatic rings. The highest BCUT2D eigenvalue weighted by atomic mass is 32.2. The second-order valence-corrected chi connectivity index (χ2v) is 15.2. The third-order valence-corrected chi connectivity index (χ3v) is 12.0. The van der Waals surface area contributed by atoms with Crippen LogP contribution in [0.25, 0.3) is 0 Å². The molecule has 3 aliphatic rings. The maximum Gasteiger partial charge on any atom is 0.230 e. The quantitative estimate of drug-likeness (QED) is 0.0510. The molecule has 0 spiro atoms. The Morgan fingerprint density at radius 1 is 1.04 bits per heavy atom. The summed E-state index contributed by atoms with van der Waals surface area (Å²) in [5, 5.41) is 24.3. The van der Waals surface area contributed by atoms with E-state index in [-0.39, 0.29) is 42.1 Å². The van der Waals surface area contributed by atoms with E-state index in [1.165, 1.54) is 5.56 Å². The van der Waals surface area contributed by atoms with Crippen molar-refractivity contribution in [2.45, 2.75) is 75.2 Å². The fourth-order valence-electron chi connectivity index (χ4n) is 8.34. The van der Waals surface area contributed by atoms with Crippen LogP contribution in [0.3, 0.4) is 0 Å². The minimum Gasteiger partial charge on any atom is -0.460 e. The molecule has 2 aromatic carbocycles. The number of aromatic nitrogens is 1. The first-order valence-corrected chi connectivity index (χ1v) is 20.0. The van der Waals surface area contributed by atoms with Crippen LogP contribution in [0.5, 0.6) is 17.2 Å². The largest absolute Gasteiger partial charge is 0.460 e. The summed E-state index contributed by atoms with van der Waals surface area (Å²) in [6.45, 7) is 7.04. The van der Waals surface area contributed by atoms with E-state index in [0.29, 0.717) is 36.7 Å². The second-order valence-electron chi connectivity index (χ2n) is 13.9. The predicted molar refractivity (Wildman–Crippen MR) is 209 cm³/mol. The Kier molecular flexibility index (Phi) is 13.8. The molecule has 10 heteroatoms. The fourth-order valence-corrected chi connectivity index (χ4v) is 9.75. The molecule has 0 radical (unpaired) electrons. The lowest BCUT2D eigenvalue weighted by Crippen LogP contribution is -2.64. The Hall–Kier alpha value is -3.96. The summed E-state index contributed by atoms with van der Waals surface area (Å²) in [6, 6.07) is 17.3. The maximum atomic E-state index is 11.5. The van der Waals surface area contributed by atoms with Crippen molar-refractivity contribution in [3.05, 3.63) is 108 Å². The molecule has 0 unspecified atom stereocenters. The van der Waals surface area contributed by atoms with Crippen LogP contribution in [0.1, 0.15) is 79.3 Å². The molecule has 1 fully saturated rings. The Morgan fingerprint density at radius 3 is 2.58 bits per heavy atom. The van der Waals surface area contributed by atoms with Gasteiger partial charge in [0.05, 0.1) is 23.5 Å². The van der Waals surface area contributed by atoms with Gasteiger partial charge in [-0.2, -0.15) is 11.8 Å². The van der Waals surface area contributed by atoms with Gasteiger partial charge >= 0.3 is 0 Å². The zero-order chi connectivity index (χ0) is 37.0. The van der Waals surface area contributed by atoms with Crippen LogP contribution in [-0.2, 0) is 16.0 Å². The van der Waals surface area contributed by atoms with Crippen molar-refractivity contribution in [3.8, 4) is 17.2 Å². The SMILES string of the molecule is C=CCO[C@@]12Oc3ccc(Oc4cccc(C=O)c4)cc3[C@H]3[C@H](CCCCO)[C@@H](CCCCO)C=C(C(=NOCC)C[C@@H]1SCCc1ccncc1)[C@H]32. The van der Waals surface area contributed by atoms with Gasteiger partial charge in [-0.05, 0) is 110 Å². The number of fused-ring (bicyclic) bond motifs is 2. The molecule has 282 valence electrons. The van der Waals surface area contributed by atoms with Gasteiger partial charge in [0.1, 0.15) is 30.1 Å². The van der Waals surface area contributed by atoms with Crippen molar-refractivity contribution < 1.29 is 34.1 Å². The van der Waals surface area contributed by atoms with E-state index in [0.717, 1.165) is 79.6 Å². The number of hydrogen-bond donors (Lipinski definition) is 2. The van der Waals surface area contributed by atoms with Gasteiger partial charge in [-0.15, -0.1) is 6.58 Å². The molecule has 2 heterocycles. The molecule has 6 atom stereocenters. The van der Waals surface area contributed by atoms with Crippen LogP contribution in [0.4, 0.5) is 0 Å². The van der Waals surface area contributed by atoms with Gasteiger partial charge in [-0.25, -0.2) is 0 Å². The smallest absolute Gasteiger partial charge is 0.230 e. The number of aliphatic hydroxyl groups excluding tert-OH is 2. The number of pyridine rings is 1. The summed E-state index contributed by atoms with van der Waals surface area (Å²) in [4.78, 5) is 21.6. The van der Waals surface area contributed by atoms with Gasteiger partial charge in [-0.3, -0.25) is 9.78 Å². The lowest BCUT2D eigenvalue weighted by Gasteiger charge is -2.58. The first-order chi connectivity index (χ1) is 26.0. The highest BCUT2D eigenvalue weighted by Crippen LogP contribution is 2.62. The molecule has 0 saturated heterocycles. The number of allylic oxidation sites excluding steroid dienone is 1. The molecule has 1 aliphatic heterocycles. The van der Waals surface area contributed by atoms with Crippen LogP contribution < -0.4 is 9.47 Å². The number of benzene rings is 2. The van der Waals surface area contributed by atoms with Crippen LogP contribution in [0, 0.1) is 17.8 Å². The first kappa shape index (κ1) is 38.8. The molecular weight excluding hydrogens is 689 g/mol. The Bertz CT molecular complexity index is 1730. The second kappa shape index (κ2) is 18.9. The van der Waals surface area contributed by atoms with Crippen molar-refractivity contribution in [3.63, 3.8) is 0 Å². The molecule has 2 N–H and O–H groups in total. The first-order valence-electron chi connectivity index (χ1n) is 19.0. The molecule has 9 nitrogen and oxygen atoms in total. The van der Waals surface area contributed by atoms with E-state index in [1.807, 2.05) is 55.3 Å². The summed E-state index contributed by atoms with van der Waals surface area (Å²) in [5.41, 5.74) is 4.83. The molecule has 53 heavy (non-hydrogen) atoms. The predicted octanol–water partition coefficient (Wildman–Crippen LogP) is 8.32. The number of aliphatic hydroxyl groups is 2. The normalized spacial score (nSPS) is 25.1. The lowest BCUT2D eigenvalue weighted by atomic mass is 9.56. The van der Waals surface area contributed by atoms with Crippen LogP contribution in [0.15, 0.2) is 96.5 Å². The molecular formula is C43H52N2O7S. The van der Waals surface area contributed by atoms with Gasteiger partial charge in [0.2, 0.25) is 5.79 Å². The van der Waals surface area contributed by atoms with E-state index >= 15 is 0 Å². The number of thioether (sulfide) groups is 1. The maximum absolute atomic E-state index is 11.5. The van der Waals surface area contributed by atoms with Crippen molar-refractivity contribution in [2.24, 2.45) is 22.9 Å². The Balaban J connectivity index is 1.50. The highest BCUT2D eigenvalue weighted by molar-refractivity contribution is 8.00. The number of oxime groups is 1. The van der Waals surface area contributed by atoms with Crippen LogP contribution in [0.2, 0.25) is 0 Å². The highest BCUT2D eigenvalue weighted by Gasteiger charge is 2.63. The Labute approximate surface area is 317 Å². The topological polar surface area (TPSA) is 120 Å². The van der Waals surface area contributed by atoms with E-state index in [2.05, 4.69) is 35.8 Å². The number of aryl methyl sites for hydroxylation is 1. The average Bonchev–Trinajstić information content (AvgIpc) is 3.18. The number of aldehydes is 1. The summed E-state index contributed by atoms with van der Waals surface area (Å²) in [5.74, 6) is 1.93. The minimum absolute atomic E-state index is 0.0401. The number of rotatable bonds is 20. The summed E-state index contributed by atoms with van der Waals surface area (Å²) in [6.07, 6.45) is 15.2. The number of hydrogen-bond acceptors (Lipinski definition) is 10. The number of ether oxygens (including phenoxy) is 3. The molecule has 1 saturated carbocycles. The molecule has 0 amide bonds. The van der Waals surface area contributed by atoms with Crippen molar-refractivity contribution in [1.82, 2.24) is 4.98 Å². The van der Waals surface area contributed by atoms with Crippen molar-refractivity contribution in [1.29, 1.82) is 0 Å². The fraction of sp³-hybridized carbons (Fsp3) is 0.465. The zero-order valence-corrected chi connectivity index (χ0v) is 31.4. The summed E-state index contributed by atoms with van der Waals surface area (Å²) in [7, 11) is 0. The van der Waals surface area contributed by atoms with Gasteiger partial charge in [0, 0.05) is 49.1 Å². The zero-order valence-electron chi connectivity index (χ0n) is 30.6. The van der Waals surface area contributed by atoms with Gasteiger partial charge < -0.3 is 29.3 Å². The van der Waals surface area contributed by atoms with Crippen molar-refractivity contribution >= 4 is 23.8 Å². The van der Waals surface area contributed by atoms with E-state index in [9.17, 15) is 15.0 Å². The molecule has 2 aliphatic carbocycles. The molecule has 1 aromatic heterocycles. The van der Waals surface area contributed by atoms with Crippen LogP contribution >= 0.6 is 11.8 Å². The molecule has 6 rings (SSSR count). The van der Waals surface area contributed by atoms with Gasteiger partial charge in [0.15, 0.2) is 0 Å². The third-order valence-electron chi connectivity index (χ3n) is 10.6. The summed E-state index contributed by atoms with van der Waals surface area (Å²) < 4.78 is 20.7. The number of nitrogens with zero attached hydrogens (tertiary/aromatic N) is 2. The third kappa shape index (κ3) is 8.89.